The molecular formula is C11H15NO2. The largest absolute Gasteiger partial charge is 0.373 e. The van der Waals surface area contributed by atoms with Gasteiger partial charge >= 0.3 is 0 Å². The van der Waals surface area contributed by atoms with Crippen molar-refractivity contribution in [2.75, 3.05) is 20.8 Å². The van der Waals surface area contributed by atoms with Crippen molar-refractivity contribution in [2.45, 2.75) is 11.7 Å². The monoisotopic (exact) mass is 193 g/mol. The third-order valence-electron chi connectivity index (χ3n) is 3.03. The van der Waals surface area contributed by atoms with E-state index in [0.717, 1.165) is 5.56 Å². The van der Waals surface area contributed by atoms with Gasteiger partial charge in [-0.25, -0.2) is 0 Å². The van der Waals surface area contributed by atoms with Gasteiger partial charge in [0.1, 0.15) is 11.7 Å². The van der Waals surface area contributed by atoms with Gasteiger partial charge in [-0.05, 0) is 11.1 Å². The van der Waals surface area contributed by atoms with Crippen molar-refractivity contribution in [3.8, 4) is 0 Å². The summed E-state index contributed by atoms with van der Waals surface area (Å²) in [5, 5.41) is 0. The Kier molecular flexibility index (Phi) is 2.31. The van der Waals surface area contributed by atoms with Crippen molar-refractivity contribution in [3.63, 3.8) is 0 Å². The lowest BCUT2D eigenvalue weighted by molar-refractivity contribution is -0.146. The molecule has 0 amide bonds. The maximum absolute atomic E-state index is 5.76. The SMILES string of the molecule is COC1c2ccccc2C1(CN)OC. The van der Waals surface area contributed by atoms with Gasteiger partial charge in [-0.15, -0.1) is 0 Å². The van der Waals surface area contributed by atoms with Crippen molar-refractivity contribution >= 4 is 0 Å². The fourth-order valence-corrected chi connectivity index (χ4v) is 2.26. The van der Waals surface area contributed by atoms with Crippen molar-refractivity contribution < 1.29 is 9.47 Å². The van der Waals surface area contributed by atoms with Crippen LogP contribution in [0, 0.1) is 0 Å². The third-order valence-corrected chi connectivity index (χ3v) is 3.03. The summed E-state index contributed by atoms with van der Waals surface area (Å²) in [5.41, 5.74) is 7.65. The average molecular weight is 193 g/mol. The molecule has 3 nitrogen and oxygen atoms in total. The van der Waals surface area contributed by atoms with Crippen LogP contribution in [0.3, 0.4) is 0 Å². The average Bonchev–Trinajstić information content (AvgIpc) is 2.22. The maximum Gasteiger partial charge on any atom is 0.135 e. The van der Waals surface area contributed by atoms with Crippen LogP contribution >= 0.6 is 0 Å². The van der Waals surface area contributed by atoms with E-state index in [4.69, 9.17) is 15.2 Å². The van der Waals surface area contributed by atoms with Gasteiger partial charge in [-0.2, -0.15) is 0 Å². The summed E-state index contributed by atoms with van der Waals surface area (Å²) >= 11 is 0. The van der Waals surface area contributed by atoms with Gasteiger partial charge in [0, 0.05) is 20.8 Å². The summed E-state index contributed by atoms with van der Waals surface area (Å²) in [6, 6.07) is 8.09. The molecular weight excluding hydrogens is 178 g/mol. The number of rotatable bonds is 3. The first-order chi connectivity index (χ1) is 6.80. The predicted octanol–water partition coefficient (Wildman–Crippen LogP) is 1.19. The smallest absolute Gasteiger partial charge is 0.135 e. The Labute approximate surface area is 83.8 Å². The minimum Gasteiger partial charge on any atom is -0.373 e. The second kappa shape index (κ2) is 3.35. The van der Waals surface area contributed by atoms with Crippen molar-refractivity contribution in [1.82, 2.24) is 0 Å². The van der Waals surface area contributed by atoms with E-state index in [1.165, 1.54) is 5.56 Å². The van der Waals surface area contributed by atoms with Crippen molar-refractivity contribution in [1.29, 1.82) is 0 Å². The minimum absolute atomic E-state index is 0.0336. The van der Waals surface area contributed by atoms with E-state index in [2.05, 4.69) is 6.07 Å². The highest BCUT2D eigenvalue weighted by Crippen LogP contribution is 2.51. The van der Waals surface area contributed by atoms with Crippen molar-refractivity contribution in [3.05, 3.63) is 35.4 Å². The zero-order valence-corrected chi connectivity index (χ0v) is 8.49. The molecule has 1 aliphatic carbocycles. The summed E-state index contributed by atoms with van der Waals surface area (Å²) in [6.07, 6.45) is -0.0336. The molecule has 0 saturated carbocycles. The van der Waals surface area contributed by atoms with Crippen molar-refractivity contribution in [2.24, 2.45) is 5.73 Å². The van der Waals surface area contributed by atoms with Gasteiger partial charge in [0.15, 0.2) is 0 Å². The molecule has 3 heteroatoms. The number of benzene rings is 1. The second-order valence-corrected chi connectivity index (χ2v) is 3.50. The molecule has 2 N–H and O–H groups in total. The van der Waals surface area contributed by atoms with Crippen LogP contribution in [-0.4, -0.2) is 20.8 Å². The lowest BCUT2D eigenvalue weighted by Crippen LogP contribution is -2.51. The van der Waals surface area contributed by atoms with E-state index in [9.17, 15) is 0 Å². The number of hydrogen-bond acceptors (Lipinski definition) is 3. The third kappa shape index (κ3) is 0.974. The quantitative estimate of drug-likeness (QED) is 0.784. The lowest BCUT2D eigenvalue weighted by atomic mass is 9.70. The molecule has 1 aromatic rings. The number of methoxy groups -OCH3 is 2. The Morgan fingerprint density at radius 1 is 1.36 bits per heavy atom. The van der Waals surface area contributed by atoms with Crippen LogP contribution in [0.5, 0.6) is 0 Å². The molecule has 0 aromatic heterocycles. The molecule has 2 unspecified atom stereocenters. The van der Waals surface area contributed by atoms with E-state index < -0.39 is 5.60 Å². The topological polar surface area (TPSA) is 44.5 Å². The van der Waals surface area contributed by atoms with Crippen LogP contribution in [0.1, 0.15) is 17.2 Å². The number of nitrogens with two attached hydrogens (primary N) is 1. The van der Waals surface area contributed by atoms with Gasteiger partial charge in [0.2, 0.25) is 0 Å². The minimum atomic E-state index is -0.439. The molecule has 0 fully saturated rings. The van der Waals surface area contributed by atoms with Gasteiger partial charge < -0.3 is 15.2 Å². The van der Waals surface area contributed by atoms with E-state index in [-0.39, 0.29) is 6.10 Å². The predicted molar refractivity (Wildman–Crippen MR) is 53.9 cm³/mol. The Morgan fingerprint density at radius 2 is 2.07 bits per heavy atom. The molecule has 0 aliphatic heterocycles. The van der Waals surface area contributed by atoms with Crippen LogP contribution in [0.4, 0.5) is 0 Å². The molecule has 0 saturated heterocycles. The standard InChI is InChI=1S/C11H15NO2/c1-13-10-8-5-3-4-6-9(8)11(10,7-12)14-2/h3-6,10H,7,12H2,1-2H3. The Hall–Kier alpha value is -0.900. The molecule has 76 valence electrons. The summed E-state index contributed by atoms with van der Waals surface area (Å²) in [5.74, 6) is 0. The van der Waals surface area contributed by atoms with E-state index in [1.807, 2.05) is 18.2 Å². The fourth-order valence-electron chi connectivity index (χ4n) is 2.26. The summed E-state index contributed by atoms with van der Waals surface area (Å²) < 4.78 is 10.9. The fraction of sp³-hybridized carbons (Fsp3) is 0.455. The molecule has 14 heavy (non-hydrogen) atoms. The van der Waals surface area contributed by atoms with Gasteiger partial charge in [-0.1, -0.05) is 24.3 Å². The molecule has 0 radical (unpaired) electrons. The second-order valence-electron chi connectivity index (χ2n) is 3.50. The molecule has 0 bridgehead atoms. The molecule has 2 atom stereocenters. The first kappa shape index (κ1) is 9.65. The highest BCUT2D eigenvalue weighted by molar-refractivity contribution is 5.46. The first-order valence-corrected chi connectivity index (χ1v) is 4.67. The van der Waals surface area contributed by atoms with Gasteiger partial charge in [-0.3, -0.25) is 0 Å². The number of ether oxygens (including phenoxy) is 2. The van der Waals surface area contributed by atoms with Crippen LogP contribution in [-0.2, 0) is 15.1 Å². The van der Waals surface area contributed by atoms with Crippen LogP contribution in [0.25, 0.3) is 0 Å². The van der Waals surface area contributed by atoms with Crippen LogP contribution in [0.2, 0.25) is 0 Å². The summed E-state index contributed by atoms with van der Waals surface area (Å²) in [4.78, 5) is 0. The van der Waals surface area contributed by atoms with E-state index >= 15 is 0 Å². The molecule has 1 aromatic carbocycles. The highest BCUT2D eigenvalue weighted by atomic mass is 16.5. The summed E-state index contributed by atoms with van der Waals surface area (Å²) in [6.45, 7) is 0.443. The molecule has 0 heterocycles. The maximum atomic E-state index is 5.76. The first-order valence-electron chi connectivity index (χ1n) is 4.67. The lowest BCUT2D eigenvalue weighted by Gasteiger charge is -2.48. The highest BCUT2D eigenvalue weighted by Gasteiger charge is 2.51. The Bertz CT molecular complexity index is 334. The van der Waals surface area contributed by atoms with E-state index in [1.54, 1.807) is 14.2 Å². The molecule has 1 aliphatic rings. The molecule has 2 rings (SSSR count). The van der Waals surface area contributed by atoms with Crippen LogP contribution in [0.15, 0.2) is 24.3 Å². The zero-order valence-electron chi connectivity index (χ0n) is 8.49. The van der Waals surface area contributed by atoms with Crippen LogP contribution < -0.4 is 5.73 Å². The molecule has 0 spiro atoms. The normalized spacial score (nSPS) is 29.5. The van der Waals surface area contributed by atoms with Gasteiger partial charge in [0.05, 0.1) is 0 Å². The van der Waals surface area contributed by atoms with E-state index in [0.29, 0.717) is 6.54 Å². The summed E-state index contributed by atoms with van der Waals surface area (Å²) in [7, 11) is 3.36. The Balaban J connectivity index is 2.47. The Morgan fingerprint density at radius 3 is 2.64 bits per heavy atom. The zero-order chi connectivity index (χ0) is 10.2. The number of fused-ring (bicyclic) bond motifs is 1. The number of hydrogen-bond donors (Lipinski definition) is 1. The van der Waals surface area contributed by atoms with Gasteiger partial charge in [0.25, 0.3) is 0 Å².